The summed E-state index contributed by atoms with van der Waals surface area (Å²) in [4.78, 5) is 14.1. The zero-order valence-corrected chi connectivity index (χ0v) is 12.7. The van der Waals surface area contributed by atoms with Crippen LogP contribution in [0, 0.1) is 5.92 Å². The predicted molar refractivity (Wildman–Crippen MR) is 79.1 cm³/mol. The van der Waals surface area contributed by atoms with Crippen LogP contribution in [0.4, 0.5) is 0 Å². The summed E-state index contributed by atoms with van der Waals surface area (Å²) in [6.07, 6.45) is 0.970. The lowest BCUT2D eigenvalue weighted by molar-refractivity contribution is -0.148. The molecule has 0 aromatic heterocycles. The lowest BCUT2D eigenvalue weighted by Gasteiger charge is -2.35. The fourth-order valence-corrected chi connectivity index (χ4v) is 2.74. The Balaban J connectivity index is 0.00000180. The first-order chi connectivity index (χ1) is 8.61. The Morgan fingerprint density at radius 3 is 2.58 bits per heavy atom. The third-order valence-corrected chi connectivity index (χ3v) is 3.87. The number of piperidine rings is 1. The Kier molecular flexibility index (Phi) is 6.11. The van der Waals surface area contributed by atoms with Crippen molar-refractivity contribution in [3.63, 3.8) is 0 Å². The minimum Gasteiger partial charge on any atom is -0.469 e. The fraction of sp³-hybridized carbons (Fsp3) is 0.500. The third kappa shape index (κ3) is 3.85. The molecule has 3 nitrogen and oxygen atoms in total. The van der Waals surface area contributed by atoms with E-state index in [1.807, 2.05) is 31.3 Å². The molecule has 0 aliphatic carbocycles. The van der Waals surface area contributed by atoms with Crippen LogP contribution in [0.15, 0.2) is 24.3 Å². The van der Waals surface area contributed by atoms with Crippen molar-refractivity contribution in [1.82, 2.24) is 4.90 Å². The van der Waals surface area contributed by atoms with Crippen molar-refractivity contribution in [2.24, 2.45) is 5.92 Å². The van der Waals surface area contributed by atoms with Crippen LogP contribution < -0.4 is 0 Å². The molecule has 1 aromatic rings. The van der Waals surface area contributed by atoms with Crippen LogP contribution >= 0.6 is 24.0 Å². The molecule has 0 unspecified atom stereocenters. The van der Waals surface area contributed by atoms with E-state index >= 15 is 0 Å². The molecule has 0 saturated carbocycles. The van der Waals surface area contributed by atoms with Crippen molar-refractivity contribution in [1.29, 1.82) is 0 Å². The summed E-state index contributed by atoms with van der Waals surface area (Å²) in [5.74, 6) is 0.0161. The Morgan fingerprint density at radius 1 is 1.37 bits per heavy atom. The van der Waals surface area contributed by atoms with E-state index in [4.69, 9.17) is 16.3 Å². The maximum atomic E-state index is 11.9. The van der Waals surface area contributed by atoms with Crippen LogP contribution in [-0.2, 0) is 9.53 Å². The van der Waals surface area contributed by atoms with Crippen molar-refractivity contribution in [2.45, 2.75) is 12.3 Å². The molecule has 1 heterocycles. The number of rotatable bonds is 2. The van der Waals surface area contributed by atoms with Crippen LogP contribution in [0.2, 0.25) is 5.02 Å². The number of hydrogen-bond acceptors (Lipinski definition) is 3. The topological polar surface area (TPSA) is 29.5 Å². The number of esters is 1. The van der Waals surface area contributed by atoms with Gasteiger partial charge in [0.2, 0.25) is 0 Å². The summed E-state index contributed by atoms with van der Waals surface area (Å²) >= 11 is 5.90. The molecule has 0 bridgehead atoms. The number of ether oxygens (including phenoxy) is 1. The average Bonchev–Trinajstić information content (AvgIpc) is 2.39. The second-order valence-electron chi connectivity index (χ2n) is 4.84. The highest BCUT2D eigenvalue weighted by Gasteiger charge is 2.34. The number of nitrogens with zero attached hydrogens (tertiary/aromatic N) is 1. The molecular weight excluding hydrogens is 285 g/mol. The van der Waals surface area contributed by atoms with Gasteiger partial charge in [-0.1, -0.05) is 23.7 Å². The predicted octanol–water partition coefficient (Wildman–Crippen LogP) is 2.97. The Labute approximate surface area is 125 Å². The number of methoxy groups -OCH3 is 1. The Bertz CT molecular complexity index is 422. The first kappa shape index (κ1) is 16.3. The first-order valence-electron chi connectivity index (χ1n) is 6.13. The van der Waals surface area contributed by atoms with Gasteiger partial charge in [0.25, 0.3) is 0 Å². The van der Waals surface area contributed by atoms with Crippen LogP contribution in [-0.4, -0.2) is 38.1 Å². The molecule has 0 spiro atoms. The van der Waals surface area contributed by atoms with Gasteiger partial charge in [0, 0.05) is 11.6 Å². The van der Waals surface area contributed by atoms with E-state index in [1.165, 1.54) is 12.7 Å². The SMILES string of the molecule is COC(=O)[C@@H]1CN(C)CC[C@@H]1c1ccc(Cl)cc1.Cl. The average molecular weight is 304 g/mol. The number of benzene rings is 1. The zero-order valence-electron chi connectivity index (χ0n) is 11.1. The monoisotopic (exact) mass is 303 g/mol. The molecule has 5 heteroatoms. The second kappa shape index (κ2) is 7.13. The van der Waals surface area contributed by atoms with Crippen molar-refractivity contribution in [3.05, 3.63) is 34.9 Å². The summed E-state index contributed by atoms with van der Waals surface area (Å²) in [7, 11) is 3.49. The molecule has 19 heavy (non-hydrogen) atoms. The summed E-state index contributed by atoms with van der Waals surface area (Å²) < 4.78 is 4.92. The standard InChI is InChI=1S/C14H18ClNO2.ClH/c1-16-8-7-12(13(9-16)14(17)18-2)10-3-5-11(15)6-4-10;/h3-6,12-13H,7-9H2,1-2H3;1H/t12-,13-;/m1./s1. The van der Waals surface area contributed by atoms with E-state index < -0.39 is 0 Å². The highest BCUT2D eigenvalue weighted by atomic mass is 35.5. The maximum absolute atomic E-state index is 11.9. The van der Waals surface area contributed by atoms with Crippen molar-refractivity contribution >= 4 is 30.0 Å². The Morgan fingerprint density at radius 2 is 2.00 bits per heavy atom. The molecule has 1 aliphatic rings. The molecule has 1 saturated heterocycles. The van der Waals surface area contributed by atoms with Gasteiger partial charge in [-0.05, 0) is 43.6 Å². The highest BCUT2D eigenvalue weighted by Crippen LogP contribution is 2.33. The summed E-state index contributed by atoms with van der Waals surface area (Å²) in [5, 5.41) is 0.723. The van der Waals surface area contributed by atoms with Crippen LogP contribution in [0.25, 0.3) is 0 Å². The van der Waals surface area contributed by atoms with Crippen molar-refractivity contribution < 1.29 is 9.53 Å². The highest BCUT2D eigenvalue weighted by molar-refractivity contribution is 6.30. The molecular formula is C14H19Cl2NO2. The Hall–Kier alpha value is -0.770. The molecule has 2 rings (SSSR count). The van der Waals surface area contributed by atoms with E-state index in [2.05, 4.69) is 4.90 Å². The van der Waals surface area contributed by atoms with Gasteiger partial charge in [-0.25, -0.2) is 0 Å². The van der Waals surface area contributed by atoms with E-state index in [9.17, 15) is 4.79 Å². The lowest BCUT2D eigenvalue weighted by atomic mass is 9.80. The van der Waals surface area contributed by atoms with Crippen LogP contribution in [0.1, 0.15) is 17.9 Å². The molecule has 0 N–H and O–H groups in total. The quantitative estimate of drug-likeness (QED) is 0.787. The number of likely N-dealkylation sites (tertiary alicyclic amines) is 1. The summed E-state index contributed by atoms with van der Waals surface area (Å²) in [6, 6.07) is 7.77. The number of carbonyl (C=O) groups is 1. The largest absolute Gasteiger partial charge is 0.469 e. The van der Waals surface area contributed by atoms with Gasteiger partial charge < -0.3 is 9.64 Å². The van der Waals surface area contributed by atoms with Gasteiger partial charge in [-0.2, -0.15) is 0 Å². The minimum atomic E-state index is -0.124. The van der Waals surface area contributed by atoms with E-state index in [0.717, 1.165) is 24.5 Å². The van der Waals surface area contributed by atoms with Crippen LogP contribution in [0.3, 0.4) is 0 Å². The number of halogens is 2. The summed E-state index contributed by atoms with van der Waals surface area (Å²) in [6.45, 7) is 1.75. The lowest BCUT2D eigenvalue weighted by Crippen LogP contribution is -2.41. The van der Waals surface area contributed by atoms with Gasteiger partial charge in [-0.15, -0.1) is 12.4 Å². The molecule has 106 valence electrons. The fourth-order valence-electron chi connectivity index (χ4n) is 2.61. The minimum absolute atomic E-state index is 0. The van der Waals surface area contributed by atoms with Gasteiger partial charge in [-0.3, -0.25) is 4.79 Å². The van der Waals surface area contributed by atoms with Gasteiger partial charge in [0.05, 0.1) is 13.0 Å². The molecule has 1 fully saturated rings. The van der Waals surface area contributed by atoms with Crippen molar-refractivity contribution in [2.75, 3.05) is 27.2 Å². The summed E-state index contributed by atoms with van der Waals surface area (Å²) in [5.41, 5.74) is 1.17. The number of carbonyl (C=O) groups excluding carboxylic acids is 1. The van der Waals surface area contributed by atoms with E-state index in [0.29, 0.717) is 0 Å². The first-order valence-corrected chi connectivity index (χ1v) is 6.51. The van der Waals surface area contributed by atoms with Crippen LogP contribution in [0.5, 0.6) is 0 Å². The van der Waals surface area contributed by atoms with Gasteiger partial charge in [0.1, 0.15) is 0 Å². The smallest absolute Gasteiger partial charge is 0.310 e. The molecule has 0 radical (unpaired) electrons. The molecule has 1 aromatic carbocycles. The van der Waals surface area contributed by atoms with E-state index in [1.54, 1.807) is 0 Å². The number of hydrogen-bond donors (Lipinski definition) is 0. The molecule has 2 atom stereocenters. The van der Waals surface area contributed by atoms with Crippen molar-refractivity contribution in [3.8, 4) is 0 Å². The normalized spacial score (nSPS) is 23.5. The van der Waals surface area contributed by atoms with Gasteiger partial charge >= 0.3 is 5.97 Å². The maximum Gasteiger partial charge on any atom is 0.310 e. The zero-order chi connectivity index (χ0) is 13.1. The molecule has 0 amide bonds. The second-order valence-corrected chi connectivity index (χ2v) is 5.28. The third-order valence-electron chi connectivity index (χ3n) is 3.62. The van der Waals surface area contributed by atoms with E-state index in [-0.39, 0.29) is 30.2 Å². The van der Waals surface area contributed by atoms with Gasteiger partial charge in [0.15, 0.2) is 0 Å². The molecule has 1 aliphatic heterocycles.